The molecular weight excluding hydrogens is 224 g/mol. The summed E-state index contributed by atoms with van der Waals surface area (Å²) in [7, 11) is 0. The quantitative estimate of drug-likeness (QED) is 0.871. The Kier molecular flexibility index (Phi) is 5.35. The molecule has 0 aromatic heterocycles. The van der Waals surface area contributed by atoms with Gasteiger partial charge in [-0.15, -0.1) is 0 Å². The van der Waals surface area contributed by atoms with Gasteiger partial charge in [0.25, 0.3) is 0 Å². The molecule has 0 spiro atoms. The van der Waals surface area contributed by atoms with E-state index in [1.165, 1.54) is 0 Å². The molecule has 0 fully saturated rings. The molecule has 2 N–H and O–H groups in total. The molecule has 1 atom stereocenters. The predicted molar refractivity (Wildman–Crippen MR) is 76.6 cm³/mol. The summed E-state index contributed by atoms with van der Waals surface area (Å²) in [6.45, 7) is 8.80. The van der Waals surface area contributed by atoms with Crippen LogP contribution in [-0.2, 0) is 4.79 Å². The van der Waals surface area contributed by atoms with Crippen LogP contribution in [0.1, 0.15) is 32.8 Å². The Bertz CT molecular complexity index is 401. The molecule has 0 aliphatic heterocycles. The van der Waals surface area contributed by atoms with Gasteiger partial charge in [0, 0.05) is 12.2 Å². The van der Waals surface area contributed by atoms with Gasteiger partial charge in [-0.3, -0.25) is 4.79 Å². The SMILES string of the molecule is CCN(C(=O)[C@@H](N)CC(C)C)c1cccc(C)c1. The zero-order chi connectivity index (χ0) is 13.7. The highest BCUT2D eigenvalue weighted by molar-refractivity contribution is 5.97. The van der Waals surface area contributed by atoms with Crippen LogP contribution in [0.25, 0.3) is 0 Å². The van der Waals surface area contributed by atoms with E-state index in [4.69, 9.17) is 5.73 Å². The van der Waals surface area contributed by atoms with Gasteiger partial charge >= 0.3 is 0 Å². The molecule has 1 aromatic carbocycles. The molecule has 0 aliphatic rings. The van der Waals surface area contributed by atoms with E-state index in [9.17, 15) is 4.79 Å². The number of likely N-dealkylation sites (N-methyl/N-ethyl adjacent to an activating group) is 1. The summed E-state index contributed by atoms with van der Waals surface area (Å²) < 4.78 is 0. The largest absolute Gasteiger partial charge is 0.320 e. The summed E-state index contributed by atoms with van der Waals surface area (Å²) in [4.78, 5) is 14.1. The van der Waals surface area contributed by atoms with Crippen molar-refractivity contribution in [1.29, 1.82) is 0 Å². The molecule has 0 saturated carbocycles. The lowest BCUT2D eigenvalue weighted by molar-refractivity contribution is -0.120. The highest BCUT2D eigenvalue weighted by Crippen LogP contribution is 2.17. The fraction of sp³-hybridized carbons (Fsp3) is 0.533. The lowest BCUT2D eigenvalue weighted by Gasteiger charge is -2.25. The number of carbonyl (C=O) groups excluding carboxylic acids is 1. The molecule has 100 valence electrons. The van der Waals surface area contributed by atoms with Gasteiger partial charge in [-0.25, -0.2) is 0 Å². The van der Waals surface area contributed by atoms with E-state index in [2.05, 4.69) is 13.8 Å². The van der Waals surface area contributed by atoms with Crippen LogP contribution in [0, 0.1) is 12.8 Å². The van der Waals surface area contributed by atoms with Crippen molar-refractivity contribution in [1.82, 2.24) is 0 Å². The van der Waals surface area contributed by atoms with Crippen molar-refractivity contribution in [3.8, 4) is 0 Å². The number of anilines is 1. The molecule has 3 heteroatoms. The van der Waals surface area contributed by atoms with E-state index in [1.54, 1.807) is 4.90 Å². The Morgan fingerprint density at radius 1 is 1.39 bits per heavy atom. The van der Waals surface area contributed by atoms with Crippen LogP contribution in [0.15, 0.2) is 24.3 Å². The van der Waals surface area contributed by atoms with Crippen molar-refractivity contribution in [2.24, 2.45) is 11.7 Å². The van der Waals surface area contributed by atoms with Gasteiger partial charge < -0.3 is 10.6 Å². The Morgan fingerprint density at radius 2 is 2.06 bits per heavy atom. The average Bonchev–Trinajstić information content (AvgIpc) is 2.29. The lowest BCUT2D eigenvalue weighted by Crippen LogP contribution is -2.44. The van der Waals surface area contributed by atoms with Crippen LogP contribution < -0.4 is 10.6 Å². The Hall–Kier alpha value is -1.35. The van der Waals surface area contributed by atoms with Gasteiger partial charge in [-0.05, 0) is 43.9 Å². The maximum absolute atomic E-state index is 12.3. The number of nitrogens with two attached hydrogens (primary N) is 1. The van der Waals surface area contributed by atoms with Crippen LogP contribution in [0.3, 0.4) is 0 Å². The third-order valence-electron chi connectivity index (χ3n) is 2.94. The first-order chi connectivity index (χ1) is 8.45. The molecule has 1 amide bonds. The Balaban J connectivity index is 2.86. The molecule has 0 saturated heterocycles. The van der Waals surface area contributed by atoms with E-state index >= 15 is 0 Å². The molecule has 1 rings (SSSR count). The maximum atomic E-state index is 12.3. The number of rotatable bonds is 5. The number of benzene rings is 1. The first-order valence-electron chi connectivity index (χ1n) is 6.59. The van der Waals surface area contributed by atoms with E-state index in [-0.39, 0.29) is 5.91 Å². The minimum absolute atomic E-state index is 0.0109. The van der Waals surface area contributed by atoms with Crippen molar-refractivity contribution in [3.05, 3.63) is 29.8 Å². The van der Waals surface area contributed by atoms with Crippen molar-refractivity contribution in [2.75, 3.05) is 11.4 Å². The fourth-order valence-corrected chi connectivity index (χ4v) is 2.07. The monoisotopic (exact) mass is 248 g/mol. The number of nitrogens with zero attached hydrogens (tertiary/aromatic N) is 1. The summed E-state index contributed by atoms with van der Waals surface area (Å²) in [5.41, 5.74) is 8.06. The molecule has 18 heavy (non-hydrogen) atoms. The number of hydrogen-bond acceptors (Lipinski definition) is 2. The second-order valence-electron chi connectivity index (χ2n) is 5.16. The van der Waals surface area contributed by atoms with Gasteiger partial charge in [0.05, 0.1) is 6.04 Å². The highest BCUT2D eigenvalue weighted by atomic mass is 16.2. The van der Waals surface area contributed by atoms with E-state index in [0.29, 0.717) is 12.5 Å². The number of amides is 1. The predicted octanol–water partition coefficient (Wildman–Crippen LogP) is 2.72. The van der Waals surface area contributed by atoms with Gasteiger partial charge in [0.2, 0.25) is 5.91 Å². The highest BCUT2D eigenvalue weighted by Gasteiger charge is 2.21. The summed E-state index contributed by atoms with van der Waals surface area (Å²) in [6.07, 6.45) is 0.723. The zero-order valence-electron chi connectivity index (χ0n) is 11.8. The van der Waals surface area contributed by atoms with Crippen molar-refractivity contribution in [3.63, 3.8) is 0 Å². The zero-order valence-corrected chi connectivity index (χ0v) is 11.8. The minimum atomic E-state index is -0.412. The topological polar surface area (TPSA) is 46.3 Å². The van der Waals surface area contributed by atoms with Crippen molar-refractivity contribution in [2.45, 2.75) is 40.2 Å². The van der Waals surface area contributed by atoms with E-state index in [0.717, 1.165) is 17.7 Å². The summed E-state index contributed by atoms with van der Waals surface area (Å²) >= 11 is 0. The third-order valence-corrected chi connectivity index (χ3v) is 2.94. The van der Waals surface area contributed by atoms with Gasteiger partial charge in [0.1, 0.15) is 0 Å². The summed E-state index contributed by atoms with van der Waals surface area (Å²) in [5, 5.41) is 0. The number of carbonyl (C=O) groups is 1. The standard InChI is InChI=1S/C15H24N2O/c1-5-17(13-8-6-7-12(4)10-13)15(18)14(16)9-11(2)3/h6-8,10-11,14H,5,9,16H2,1-4H3/t14-/m0/s1. The number of aryl methyl sites for hydroxylation is 1. The molecule has 0 radical (unpaired) electrons. The van der Waals surface area contributed by atoms with E-state index < -0.39 is 6.04 Å². The lowest BCUT2D eigenvalue weighted by atomic mass is 10.0. The van der Waals surface area contributed by atoms with Crippen molar-refractivity contribution < 1.29 is 4.79 Å². The molecule has 0 aliphatic carbocycles. The molecular formula is C15H24N2O. The molecule has 1 aromatic rings. The molecule has 3 nitrogen and oxygen atoms in total. The Morgan fingerprint density at radius 3 is 2.56 bits per heavy atom. The van der Waals surface area contributed by atoms with Crippen LogP contribution in [0.4, 0.5) is 5.69 Å². The maximum Gasteiger partial charge on any atom is 0.243 e. The third kappa shape index (κ3) is 3.84. The number of hydrogen-bond donors (Lipinski definition) is 1. The summed E-state index contributed by atoms with van der Waals surface area (Å²) in [6, 6.07) is 7.55. The Labute approximate surface area is 110 Å². The second-order valence-corrected chi connectivity index (χ2v) is 5.16. The van der Waals surface area contributed by atoms with Crippen molar-refractivity contribution >= 4 is 11.6 Å². The smallest absolute Gasteiger partial charge is 0.243 e. The first kappa shape index (κ1) is 14.7. The molecule has 0 bridgehead atoms. The molecule has 0 unspecified atom stereocenters. The van der Waals surface area contributed by atoms with Crippen LogP contribution in [0.2, 0.25) is 0 Å². The normalized spacial score (nSPS) is 12.6. The second kappa shape index (κ2) is 6.55. The van der Waals surface area contributed by atoms with E-state index in [1.807, 2.05) is 38.1 Å². The molecule has 0 heterocycles. The van der Waals surface area contributed by atoms with Gasteiger partial charge in [0.15, 0.2) is 0 Å². The van der Waals surface area contributed by atoms with Crippen LogP contribution in [0.5, 0.6) is 0 Å². The average molecular weight is 248 g/mol. The fourth-order valence-electron chi connectivity index (χ4n) is 2.07. The summed E-state index contributed by atoms with van der Waals surface area (Å²) in [5.74, 6) is 0.442. The minimum Gasteiger partial charge on any atom is -0.320 e. The van der Waals surface area contributed by atoms with Crippen LogP contribution >= 0.6 is 0 Å². The van der Waals surface area contributed by atoms with Gasteiger partial charge in [-0.2, -0.15) is 0 Å². The van der Waals surface area contributed by atoms with Gasteiger partial charge in [-0.1, -0.05) is 26.0 Å². The van der Waals surface area contributed by atoms with Crippen LogP contribution in [-0.4, -0.2) is 18.5 Å². The first-order valence-corrected chi connectivity index (χ1v) is 6.59.